The number of halogens is 2. The van der Waals surface area contributed by atoms with E-state index in [0.29, 0.717) is 22.0 Å². The Labute approximate surface area is 162 Å². The van der Waals surface area contributed by atoms with Crippen molar-refractivity contribution in [3.8, 4) is 16.9 Å². The Hall–Kier alpha value is -2.62. The number of alkyl halides is 1. The van der Waals surface area contributed by atoms with Gasteiger partial charge in [-0.25, -0.2) is 4.39 Å². The number of aliphatic hydroxyl groups excluding tert-OH is 1. The molecule has 0 radical (unpaired) electrons. The van der Waals surface area contributed by atoms with E-state index >= 15 is 0 Å². The minimum absolute atomic E-state index is 0.229. The Kier molecular flexibility index (Phi) is 5.94. The van der Waals surface area contributed by atoms with Crippen molar-refractivity contribution in [1.29, 1.82) is 0 Å². The van der Waals surface area contributed by atoms with Crippen molar-refractivity contribution in [2.75, 3.05) is 13.3 Å². The molecule has 7 nitrogen and oxygen atoms in total. The molecular weight excluding hydrogens is 395 g/mol. The molecule has 0 saturated carbocycles. The lowest BCUT2D eigenvalue weighted by Gasteiger charge is -2.14. The number of carbonyl (C=O) groups excluding carboxylic acids is 1. The van der Waals surface area contributed by atoms with Gasteiger partial charge in [-0.05, 0) is 29.7 Å². The summed E-state index contributed by atoms with van der Waals surface area (Å²) in [6.07, 6.45) is 1.45. The number of hydrogen-bond donors (Lipinski definition) is 2. The number of rotatable bonds is 6. The van der Waals surface area contributed by atoms with Crippen LogP contribution in [0.4, 0.5) is 4.39 Å². The maximum Gasteiger partial charge on any atom is 0.284 e. The number of aliphatic hydroxyl groups is 1. The molecule has 1 atom stereocenters. The van der Waals surface area contributed by atoms with Gasteiger partial charge in [0, 0.05) is 16.0 Å². The van der Waals surface area contributed by atoms with E-state index in [2.05, 4.69) is 14.8 Å². The molecule has 1 amide bonds. The number of hydrogen-bond acceptors (Lipinski definition) is 6. The van der Waals surface area contributed by atoms with E-state index in [1.165, 1.54) is 12.3 Å². The molecule has 0 fully saturated rings. The molecule has 140 valence electrons. The van der Waals surface area contributed by atoms with Crippen LogP contribution in [0.2, 0.25) is 5.02 Å². The van der Waals surface area contributed by atoms with Crippen molar-refractivity contribution in [3.63, 3.8) is 0 Å². The summed E-state index contributed by atoms with van der Waals surface area (Å²) in [5.41, 5.74) is 0.478. The predicted molar refractivity (Wildman–Crippen MR) is 100 cm³/mol. The van der Waals surface area contributed by atoms with E-state index in [9.17, 15) is 14.0 Å². The van der Waals surface area contributed by atoms with Gasteiger partial charge in [-0.1, -0.05) is 23.7 Å². The van der Waals surface area contributed by atoms with Crippen LogP contribution in [0.25, 0.3) is 16.9 Å². The Bertz CT molecular complexity index is 988. The molecule has 0 aliphatic rings. The zero-order valence-electron chi connectivity index (χ0n) is 13.8. The van der Waals surface area contributed by atoms with Crippen molar-refractivity contribution in [3.05, 3.63) is 62.8 Å². The first-order valence-electron chi connectivity index (χ1n) is 7.81. The van der Waals surface area contributed by atoms with Crippen LogP contribution in [0.1, 0.15) is 10.4 Å². The molecule has 3 rings (SSSR count). The maximum atomic E-state index is 12.8. The van der Waals surface area contributed by atoms with Crippen LogP contribution in [0, 0.1) is 0 Å². The summed E-state index contributed by atoms with van der Waals surface area (Å²) >= 11 is 7.03. The number of nitrogens with one attached hydrogen (secondary N) is 1. The standard InChI is InChI=1S/C17H14ClFN4O3S/c18-11-3-1-10(2-4-11)15-5-14(16(25)21-12(6-19)8-24)17(26)23(22-15)13-7-20-27-9-13/h1-5,7,9,12,24H,6,8H2,(H,21,25). The van der Waals surface area contributed by atoms with Gasteiger partial charge in [-0.3, -0.25) is 9.59 Å². The second-order valence-electron chi connectivity index (χ2n) is 5.56. The molecule has 1 unspecified atom stereocenters. The second kappa shape index (κ2) is 8.38. The average Bonchev–Trinajstić information content (AvgIpc) is 3.21. The Morgan fingerprint density at radius 3 is 2.70 bits per heavy atom. The lowest BCUT2D eigenvalue weighted by molar-refractivity contribution is 0.0902. The molecule has 0 aliphatic heterocycles. The molecule has 0 spiro atoms. The van der Waals surface area contributed by atoms with E-state index in [-0.39, 0.29) is 5.56 Å². The van der Waals surface area contributed by atoms with Gasteiger partial charge in [0.05, 0.1) is 30.2 Å². The fourth-order valence-corrected chi connectivity index (χ4v) is 2.92. The van der Waals surface area contributed by atoms with Crippen molar-refractivity contribution >= 4 is 29.0 Å². The number of nitrogens with zero attached hydrogens (tertiary/aromatic N) is 3. The Morgan fingerprint density at radius 2 is 2.11 bits per heavy atom. The summed E-state index contributed by atoms with van der Waals surface area (Å²) in [4.78, 5) is 25.2. The van der Waals surface area contributed by atoms with Crippen LogP contribution in [-0.2, 0) is 0 Å². The topological polar surface area (TPSA) is 97.1 Å². The summed E-state index contributed by atoms with van der Waals surface area (Å²) in [6, 6.07) is 6.94. The summed E-state index contributed by atoms with van der Waals surface area (Å²) in [5, 5.41) is 17.8. The van der Waals surface area contributed by atoms with Crippen LogP contribution in [-0.4, -0.2) is 44.5 Å². The number of amides is 1. The van der Waals surface area contributed by atoms with E-state index in [1.807, 2.05) is 0 Å². The van der Waals surface area contributed by atoms with Crippen molar-refractivity contribution in [2.45, 2.75) is 6.04 Å². The number of carbonyl (C=O) groups is 1. The van der Waals surface area contributed by atoms with Crippen LogP contribution in [0.15, 0.2) is 46.7 Å². The van der Waals surface area contributed by atoms with Gasteiger partial charge in [0.2, 0.25) is 0 Å². The highest BCUT2D eigenvalue weighted by Crippen LogP contribution is 2.20. The fraction of sp³-hybridized carbons (Fsp3) is 0.176. The van der Waals surface area contributed by atoms with Crippen LogP contribution in [0.5, 0.6) is 0 Å². The van der Waals surface area contributed by atoms with Crippen molar-refractivity contribution in [2.24, 2.45) is 0 Å². The highest BCUT2D eigenvalue weighted by molar-refractivity contribution is 7.03. The minimum Gasteiger partial charge on any atom is -0.394 e. The normalized spacial score (nSPS) is 12.0. The first kappa shape index (κ1) is 19.2. The van der Waals surface area contributed by atoms with E-state index in [0.717, 1.165) is 16.2 Å². The van der Waals surface area contributed by atoms with Crippen LogP contribution < -0.4 is 10.9 Å². The molecule has 1 aromatic carbocycles. The Balaban J connectivity index is 2.13. The first-order chi connectivity index (χ1) is 13.0. The summed E-state index contributed by atoms with van der Waals surface area (Å²) in [5.74, 6) is -0.800. The molecule has 10 heteroatoms. The molecule has 27 heavy (non-hydrogen) atoms. The Morgan fingerprint density at radius 1 is 1.37 bits per heavy atom. The van der Waals surface area contributed by atoms with Gasteiger partial charge >= 0.3 is 0 Å². The first-order valence-corrected chi connectivity index (χ1v) is 9.02. The monoisotopic (exact) mass is 408 g/mol. The lowest BCUT2D eigenvalue weighted by Crippen LogP contribution is -2.42. The van der Waals surface area contributed by atoms with Gasteiger partial charge in [0.25, 0.3) is 11.5 Å². The van der Waals surface area contributed by atoms with Gasteiger partial charge in [-0.2, -0.15) is 14.2 Å². The van der Waals surface area contributed by atoms with Crippen molar-refractivity contribution in [1.82, 2.24) is 19.5 Å². The highest BCUT2D eigenvalue weighted by atomic mass is 35.5. The van der Waals surface area contributed by atoms with Crippen LogP contribution >= 0.6 is 23.1 Å². The maximum absolute atomic E-state index is 12.8. The molecule has 0 saturated heterocycles. The lowest BCUT2D eigenvalue weighted by atomic mass is 10.1. The van der Waals surface area contributed by atoms with Gasteiger partial charge in [0.15, 0.2) is 0 Å². The van der Waals surface area contributed by atoms with E-state index in [4.69, 9.17) is 16.7 Å². The third-order valence-electron chi connectivity index (χ3n) is 3.70. The van der Waals surface area contributed by atoms with Crippen LogP contribution in [0.3, 0.4) is 0 Å². The fourth-order valence-electron chi connectivity index (χ4n) is 2.29. The second-order valence-corrected chi connectivity index (χ2v) is 6.65. The van der Waals surface area contributed by atoms with Gasteiger partial charge in [-0.15, -0.1) is 0 Å². The third kappa shape index (κ3) is 4.21. The number of aromatic nitrogens is 3. The highest BCUT2D eigenvalue weighted by Gasteiger charge is 2.20. The minimum atomic E-state index is -1.10. The SMILES string of the molecule is O=C(NC(CO)CF)c1cc(-c2ccc(Cl)cc2)nn(-c2cnsc2)c1=O. The van der Waals surface area contributed by atoms with E-state index < -0.39 is 30.8 Å². The predicted octanol–water partition coefficient (Wildman–Crippen LogP) is 2.07. The molecule has 2 aromatic heterocycles. The summed E-state index contributed by atoms with van der Waals surface area (Å²) in [7, 11) is 0. The van der Waals surface area contributed by atoms with Gasteiger partial charge in [0.1, 0.15) is 12.2 Å². The molecule has 3 aromatic rings. The smallest absolute Gasteiger partial charge is 0.284 e. The quantitative estimate of drug-likeness (QED) is 0.650. The molecule has 0 aliphatic carbocycles. The largest absolute Gasteiger partial charge is 0.394 e. The van der Waals surface area contributed by atoms with E-state index in [1.54, 1.807) is 29.6 Å². The third-order valence-corrected chi connectivity index (χ3v) is 4.53. The molecular formula is C17H14ClFN4O3S. The summed E-state index contributed by atoms with van der Waals surface area (Å²) < 4.78 is 17.8. The summed E-state index contributed by atoms with van der Waals surface area (Å²) in [6.45, 7) is -1.54. The average molecular weight is 409 g/mol. The van der Waals surface area contributed by atoms with Crippen molar-refractivity contribution < 1.29 is 14.3 Å². The molecule has 0 bridgehead atoms. The number of benzene rings is 1. The zero-order valence-corrected chi connectivity index (χ0v) is 15.4. The zero-order chi connectivity index (χ0) is 19.4. The molecule has 2 N–H and O–H groups in total. The van der Waals surface area contributed by atoms with Gasteiger partial charge < -0.3 is 10.4 Å². The molecule has 2 heterocycles.